The van der Waals surface area contributed by atoms with E-state index in [4.69, 9.17) is 0 Å². The summed E-state index contributed by atoms with van der Waals surface area (Å²) in [5, 5.41) is 5.53. The molecule has 0 radical (unpaired) electrons. The number of hydrogen-bond donors (Lipinski definition) is 2. The van der Waals surface area contributed by atoms with E-state index in [1.807, 2.05) is 6.92 Å². The highest BCUT2D eigenvalue weighted by molar-refractivity contribution is 5.91. The number of unbranched alkanes of at least 4 members (excludes halogenated alkanes) is 1. The van der Waals surface area contributed by atoms with Crippen molar-refractivity contribution < 1.29 is 9.59 Å². The Morgan fingerprint density at radius 3 is 1.88 bits per heavy atom. The summed E-state index contributed by atoms with van der Waals surface area (Å²) >= 11 is 0. The van der Waals surface area contributed by atoms with Gasteiger partial charge in [0.05, 0.1) is 11.9 Å². The van der Waals surface area contributed by atoms with E-state index in [1.54, 1.807) is 6.20 Å². The number of rotatable bonds is 17. The minimum Gasteiger partial charge on any atom is -0.354 e. The van der Waals surface area contributed by atoms with Crippen molar-refractivity contribution >= 4 is 11.8 Å². The first kappa shape index (κ1) is 28.8. The van der Waals surface area contributed by atoms with Gasteiger partial charge in [-0.25, -0.2) is 4.98 Å². The van der Waals surface area contributed by atoms with Crippen LogP contribution in [0.3, 0.4) is 0 Å². The lowest BCUT2D eigenvalue weighted by molar-refractivity contribution is -0.121. The predicted molar refractivity (Wildman–Crippen MR) is 140 cm³/mol. The summed E-state index contributed by atoms with van der Waals surface area (Å²) in [5.41, 5.74) is 1.03. The molecule has 0 aliphatic heterocycles. The van der Waals surface area contributed by atoms with Gasteiger partial charge >= 0.3 is 0 Å². The van der Waals surface area contributed by atoms with Crippen LogP contribution in [0.2, 0.25) is 0 Å². The second kappa shape index (κ2) is 20.3. The molecule has 2 amide bonds. The van der Waals surface area contributed by atoms with E-state index in [-0.39, 0.29) is 17.5 Å². The Morgan fingerprint density at radius 1 is 0.765 bits per heavy atom. The van der Waals surface area contributed by atoms with Crippen LogP contribution in [0.5, 0.6) is 0 Å². The topological polar surface area (TPSA) is 84.0 Å². The lowest BCUT2D eigenvalue weighted by atomic mass is 10.2. The van der Waals surface area contributed by atoms with E-state index in [1.165, 1.54) is 6.20 Å². The molecule has 6 nitrogen and oxygen atoms in total. The third kappa shape index (κ3) is 16.4. The molecule has 1 rings (SSSR count). The first-order valence-electron chi connectivity index (χ1n) is 12.2. The van der Waals surface area contributed by atoms with Gasteiger partial charge < -0.3 is 10.6 Å². The molecule has 1 heterocycles. The number of aromatic nitrogens is 2. The number of aryl methyl sites for hydroxylation is 1. The Bertz CT molecular complexity index is 836. The maximum absolute atomic E-state index is 11.9. The SMILES string of the molecule is CCC=CCC=CCC=CCC=CCC=CCCCC(=O)NCCNC(=O)c1cnc(C)cn1. The zero-order valence-electron chi connectivity index (χ0n) is 20.7. The van der Waals surface area contributed by atoms with E-state index < -0.39 is 0 Å². The van der Waals surface area contributed by atoms with Crippen molar-refractivity contribution in [2.24, 2.45) is 0 Å². The van der Waals surface area contributed by atoms with E-state index in [0.29, 0.717) is 19.5 Å². The quantitative estimate of drug-likeness (QED) is 0.234. The first-order valence-corrected chi connectivity index (χ1v) is 12.2. The van der Waals surface area contributed by atoms with Gasteiger partial charge in [-0.3, -0.25) is 14.6 Å². The molecule has 2 N–H and O–H groups in total. The molecule has 0 bridgehead atoms. The largest absolute Gasteiger partial charge is 0.354 e. The number of nitrogens with one attached hydrogen (secondary N) is 2. The van der Waals surface area contributed by atoms with Crippen LogP contribution in [0.4, 0.5) is 0 Å². The smallest absolute Gasteiger partial charge is 0.271 e. The van der Waals surface area contributed by atoms with Crippen LogP contribution in [0.1, 0.15) is 74.5 Å². The summed E-state index contributed by atoms with van der Waals surface area (Å²) in [6, 6.07) is 0. The van der Waals surface area contributed by atoms with Gasteiger partial charge in [0.25, 0.3) is 5.91 Å². The van der Waals surface area contributed by atoms with Crippen LogP contribution in [-0.2, 0) is 4.79 Å². The number of nitrogens with zero attached hydrogens (tertiary/aromatic N) is 2. The lowest BCUT2D eigenvalue weighted by Crippen LogP contribution is -2.34. The fourth-order valence-electron chi connectivity index (χ4n) is 2.82. The zero-order valence-corrected chi connectivity index (χ0v) is 20.7. The summed E-state index contributed by atoms with van der Waals surface area (Å²) in [7, 11) is 0. The standard InChI is InChI=1S/C28H40N4O2/c1-3-4-5-6-7-8-9-10-11-12-13-14-15-16-17-18-19-20-27(33)29-21-22-30-28(34)26-24-31-25(2)23-32-26/h4-5,7-8,10-11,13-14,16-17,23-24H,3,6,9,12,15,18-22H2,1-2H3,(H,29,33)(H,30,34). The summed E-state index contributed by atoms with van der Waals surface area (Å²) in [4.78, 5) is 31.8. The fourth-order valence-corrected chi connectivity index (χ4v) is 2.82. The summed E-state index contributed by atoms with van der Waals surface area (Å²) in [6.07, 6.45) is 31.9. The van der Waals surface area contributed by atoms with Gasteiger partial charge in [0, 0.05) is 25.7 Å². The lowest BCUT2D eigenvalue weighted by Gasteiger charge is -2.06. The van der Waals surface area contributed by atoms with Crippen LogP contribution in [0, 0.1) is 6.92 Å². The second-order valence-corrected chi connectivity index (χ2v) is 7.75. The molecule has 0 unspecified atom stereocenters. The Morgan fingerprint density at radius 2 is 1.32 bits per heavy atom. The van der Waals surface area contributed by atoms with Gasteiger partial charge in [-0.15, -0.1) is 0 Å². The maximum atomic E-state index is 11.9. The van der Waals surface area contributed by atoms with Crippen LogP contribution < -0.4 is 10.6 Å². The molecule has 0 aliphatic rings. The monoisotopic (exact) mass is 464 g/mol. The van der Waals surface area contributed by atoms with Crippen LogP contribution in [-0.4, -0.2) is 34.9 Å². The average Bonchev–Trinajstić information content (AvgIpc) is 2.84. The molecule has 0 spiro atoms. The molecule has 0 saturated carbocycles. The molecule has 184 valence electrons. The van der Waals surface area contributed by atoms with Crippen LogP contribution in [0.25, 0.3) is 0 Å². The van der Waals surface area contributed by atoms with Crippen molar-refractivity contribution in [1.29, 1.82) is 0 Å². The Hall–Kier alpha value is -3.28. The minimum absolute atomic E-state index is 0.00303. The molecule has 0 fully saturated rings. The molecule has 6 heteroatoms. The van der Waals surface area contributed by atoms with Crippen molar-refractivity contribution in [3.8, 4) is 0 Å². The molecule has 0 atom stereocenters. The normalized spacial score (nSPS) is 12.1. The maximum Gasteiger partial charge on any atom is 0.271 e. The highest BCUT2D eigenvalue weighted by atomic mass is 16.2. The molecular weight excluding hydrogens is 424 g/mol. The third-order valence-electron chi connectivity index (χ3n) is 4.68. The number of allylic oxidation sites excluding steroid dienone is 10. The fraction of sp³-hybridized carbons (Fsp3) is 0.429. The average molecular weight is 465 g/mol. The highest BCUT2D eigenvalue weighted by Gasteiger charge is 2.06. The Labute approximate surface area is 205 Å². The van der Waals surface area contributed by atoms with E-state index in [2.05, 4.69) is 88.3 Å². The van der Waals surface area contributed by atoms with E-state index in [0.717, 1.165) is 50.6 Å². The van der Waals surface area contributed by atoms with Crippen molar-refractivity contribution in [2.75, 3.05) is 13.1 Å². The van der Waals surface area contributed by atoms with Gasteiger partial charge in [0.1, 0.15) is 5.69 Å². The summed E-state index contributed by atoms with van der Waals surface area (Å²) in [6.45, 7) is 4.71. The molecule has 1 aromatic heterocycles. The Balaban J connectivity index is 1.97. The number of hydrogen-bond acceptors (Lipinski definition) is 4. The van der Waals surface area contributed by atoms with Crippen molar-refractivity contribution in [3.05, 3.63) is 84.5 Å². The van der Waals surface area contributed by atoms with Crippen molar-refractivity contribution in [2.45, 2.75) is 65.2 Å². The van der Waals surface area contributed by atoms with Crippen molar-refractivity contribution in [1.82, 2.24) is 20.6 Å². The number of carbonyl (C=O) groups is 2. The van der Waals surface area contributed by atoms with Crippen LogP contribution >= 0.6 is 0 Å². The molecular formula is C28H40N4O2. The number of amides is 2. The van der Waals surface area contributed by atoms with Gasteiger partial charge in [-0.1, -0.05) is 67.7 Å². The molecule has 34 heavy (non-hydrogen) atoms. The van der Waals surface area contributed by atoms with Gasteiger partial charge in [-0.05, 0) is 51.9 Å². The van der Waals surface area contributed by atoms with Crippen molar-refractivity contribution in [3.63, 3.8) is 0 Å². The zero-order chi connectivity index (χ0) is 24.7. The minimum atomic E-state index is -0.292. The van der Waals surface area contributed by atoms with E-state index >= 15 is 0 Å². The van der Waals surface area contributed by atoms with E-state index in [9.17, 15) is 9.59 Å². The number of carbonyl (C=O) groups excluding carboxylic acids is 2. The second-order valence-electron chi connectivity index (χ2n) is 7.75. The third-order valence-corrected chi connectivity index (χ3v) is 4.68. The van der Waals surface area contributed by atoms with Gasteiger partial charge in [-0.2, -0.15) is 0 Å². The van der Waals surface area contributed by atoms with Gasteiger partial charge in [0.15, 0.2) is 0 Å². The van der Waals surface area contributed by atoms with Gasteiger partial charge in [0.2, 0.25) is 5.91 Å². The molecule has 0 aromatic carbocycles. The first-order chi connectivity index (χ1) is 16.6. The predicted octanol–water partition coefficient (Wildman–Crippen LogP) is 5.55. The molecule has 1 aromatic rings. The molecule has 0 saturated heterocycles. The molecule has 0 aliphatic carbocycles. The summed E-state index contributed by atoms with van der Waals surface area (Å²) < 4.78 is 0. The van der Waals surface area contributed by atoms with Crippen LogP contribution in [0.15, 0.2) is 73.2 Å². The highest BCUT2D eigenvalue weighted by Crippen LogP contribution is 1.99. The summed E-state index contributed by atoms with van der Waals surface area (Å²) in [5.74, 6) is -0.295. The Kier molecular flexibility index (Phi) is 17.2.